The number of nitrogens with one attached hydrogen (secondary N) is 2. The van der Waals surface area contributed by atoms with E-state index in [1.54, 1.807) is 11.4 Å². The lowest BCUT2D eigenvalue weighted by Gasteiger charge is -2.07. The maximum atomic E-state index is 12.1. The van der Waals surface area contributed by atoms with Gasteiger partial charge in [-0.1, -0.05) is 6.07 Å². The van der Waals surface area contributed by atoms with Crippen LogP contribution in [0.1, 0.15) is 12.6 Å². The number of rotatable bonds is 6. The molecule has 0 unspecified atom stereocenters. The summed E-state index contributed by atoms with van der Waals surface area (Å²) in [4.78, 5) is 26.9. The molecule has 122 valence electrons. The monoisotopic (exact) mass is 341 g/mol. The van der Waals surface area contributed by atoms with E-state index in [9.17, 15) is 18.4 Å². The molecule has 23 heavy (non-hydrogen) atoms. The van der Waals surface area contributed by atoms with Crippen LogP contribution < -0.4 is 15.4 Å². The van der Waals surface area contributed by atoms with Crippen molar-refractivity contribution in [2.24, 2.45) is 0 Å². The maximum absolute atomic E-state index is 12.1. The SMILES string of the molecule is CC(=O)Nc1nc(CC(=O)Nc2cccc(OC(F)F)c2)cs1. The molecule has 9 heteroatoms. The molecule has 2 N–H and O–H groups in total. The number of nitrogens with zero attached hydrogens (tertiary/aromatic N) is 1. The lowest BCUT2D eigenvalue weighted by atomic mass is 10.2. The van der Waals surface area contributed by atoms with Crippen molar-refractivity contribution in [1.29, 1.82) is 0 Å². The fraction of sp³-hybridized carbons (Fsp3) is 0.214. The Morgan fingerprint density at radius 2 is 2.13 bits per heavy atom. The Morgan fingerprint density at radius 3 is 2.83 bits per heavy atom. The van der Waals surface area contributed by atoms with Gasteiger partial charge in [0.15, 0.2) is 5.13 Å². The first-order valence-corrected chi connectivity index (χ1v) is 7.37. The van der Waals surface area contributed by atoms with Gasteiger partial charge >= 0.3 is 6.61 Å². The summed E-state index contributed by atoms with van der Waals surface area (Å²) in [6.45, 7) is -1.56. The van der Waals surface area contributed by atoms with E-state index >= 15 is 0 Å². The number of hydrogen-bond donors (Lipinski definition) is 2. The van der Waals surface area contributed by atoms with Crippen molar-refractivity contribution in [1.82, 2.24) is 4.98 Å². The number of aromatic nitrogens is 1. The van der Waals surface area contributed by atoms with Gasteiger partial charge in [-0.05, 0) is 12.1 Å². The standard InChI is InChI=1S/C14H13F2N3O3S/c1-8(20)17-14-19-10(7-23-14)6-12(21)18-9-3-2-4-11(5-9)22-13(15)16/h2-5,7,13H,6H2,1H3,(H,18,21)(H,17,19,20). The highest BCUT2D eigenvalue weighted by atomic mass is 32.1. The molecule has 0 spiro atoms. The fourth-order valence-electron chi connectivity index (χ4n) is 1.72. The van der Waals surface area contributed by atoms with Gasteiger partial charge in [-0.15, -0.1) is 11.3 Å². The number of hydrogen-bond acceptors (Lipinski definition) is 5. The van der Waals surface area contributed by atoms with Gasteiger partial charge in [0.2, 0.25) is 11.8 Å². The normalized spacial score (nSPS) is 10.4. The zero-order chi connectivity index (χ0) is 16.8. The largest absolute Gasteiger partial charge is 0.435 e. The summed E-state index contributed by atoms with van der Waals surface area (Å²) in [7, 11) is 0. The molecule has 0 bridgehead atoms. The molecule has 1 aromatic heterocycles. The van der Waals surface area contributed by atoms with Gasteiger partial charge in [0, 0.05) is 24.1 Å². The van der Waals surface area contributed by atoms with Crippen LogP contribution in [-0.4, -0.2) is 23.4 Å². The minimum absolute atomic E-state index is 0.00395. The van der Waals surface area contributed by atoms with Crippen molar-refractivity contribution in [3.63, 3.8) is 0 Å². The predicted octanol–water partition coefficient (Wildman–Crippen LogP) is 2.88. The molecule has 2 amide bonds. The molecule has 0 aliphatic carbocycles. The average molecular weight is 341 g/mol. The average Bonchev–Trinajstić information content (AvgIpc) is 2.84. The summed E-state index contributed by atoms with van der Waals surface area (Å²) in [5.41, 5.74) is 0.835. The molecule has 0 saturated carbocycles. The van der Waals surface area contributed by atoms with Crippen LogP contribution in [0.5, 0.6) is 5.75 Å². The van der Waals surface area contributed by atoms with Gasteiger partial charge in [0.1, 0.15) is 5.75 Å². The number of carbonyl (C=O) groups excluding carboxylic acids is 2. The molecule has 2 rings (SSSR count). The third-order valence-corrected chi connectivity index (χ3v) is 3.33. The second-order valence-corrected chi connectivity index (χ2v) is 5.31. The van der Waals surface area contributed by atoms with Crippen LogP contribution in [0.3, 0.4) is 0 Å². The highest BCUT2D eigenvalue weighted by molar-refractivity contribution is 7.13. The van der Waals surface area contributed by atoms with Crippen molar-refractivity contribution < 1.29 is 23.1 Å². The second kappa shape index (κ2) is 7.63. The Balaban J connectivity index is 1.94. The highest BCUT2D eigenvalue weighted by Gasteiger charge is 2.10. The van der Waals surface area contributed by atoms with Gasteiger partial charge in [-0.2, -0.15) is 8.78 Å². The summed E-state index contributed by atoms with van der Waals surface area (Å²) >= 11 is 1.21. The number of alkyl halides is 2. The molecule has 0 aliphatic heterocycles. The predicted molar refractivity (Wildman–Crippen MR) is 81.8 cm³/mol. The molecular weight excluding hydrogens is 328 g/mol. The number of carbonyl (C=O) groups is 2. The lowest BCUT2D eigenvalue weighted by Crippen LogP contribution is -2.15. The highest BCUT2D eigenvalue weighted by Crippen LogP contribution is 2.20. The summed E-state index contributed by atoms with van der Waals surface area (Å²) in [5.74, 6) is -0.649. The van der Waals surface area contributed by atoms with E-state index in [4.69, 9.17) is 0 Å². The first-order chi connectivity index (χ1) is 10.9. The molecule has 0 radical (unpaired) electrons. The van der Waals surface area contributed by atoms with Crippen LogP contribution in [0.4, 0.5) is 19.6 Å². The Labute approximate surface area is 134 Å². The van der Waals surface area contributed by atoms with Crippen LogP contribution in [0.2, 0.25) is 0 Å². The van der Waals surface area contributed by atoms with Crippen LogP contribution in [0.15, 0.2) is 29.6 Å². The fourth-order valence-corrected chi connectivity index (χ4v) is 2.47. The third-order valence-electron chi connectivity index (χ3n) is 2.52. The Kier molecular flexibility index (Phi) is 5.58. The first kappa shape index (κ1) is 16.8. The van der Waals surface area contributed by atoms with E-state index < -0.39 is 6.61 Å². The van der Waals surface area contributed by atoms with Crippen LogP contribution in [0, 0.1) is 0 Å². The summed E-state index contributed by atoms with van der Waals surface area (Å²) in [6, 6.07) is 5.71. The quantitative estimate of drug-likeness (QED) is 0.847. The van der Waals surface area contributed by atoms with E-state index in [0.29, 0.717) is 16.5 Å². The van der Waals surface area contributed by atoms with Gasteiger partial charge in [-0.3, -0.25) is 9.59 Å². The number of amides is 2. The summed E-state index contributed by atoms with van der Waals surface area (Å²) in [5, 5.41) is 7.15. The first-order valence-electron chi connectivity index (χ1n) is 6.49. The maximum Gasteiger partial charge on any atom is 0.387 e. The Bertz CT molecular complexity index is 706. The molecule has 0 fully saturated rings. The molecule has 0 aliphatic rings. The number of benzene rings is 1. The van der Waals surface area contributed by atoms with Crippen LogP contribution >= 0.6 is 11.3 Å². The van der Waals surface area contributed by atoms with E-state index in [0.717, 1.165) is 0 Å². The molecule has 0 atom stereocenters. The number of thiazole rings is 1. The van der Waals surface area contributed by atoms with Crippen molar-refractivity contribution in [2.45, 2.75) is 20.0 Å². The molecule has 1 aromatic carbocycles. The van der Waals surface area contributed by atoms with Crippen molar-refractivity contribution in [3.8, 4) is 5.75 Å². The zero-order valence-electron chi connectivity index (χ0n) is 12.0. The minimum Gasteiger partial charge on any atom is -0.435 e. The van der Waals surface area contributed by atoms with Gasteiger partial charge in [0.05, 0.1) is 12.1 Å². The zero-order valence-corrected chi connectivity index (χ0v) is 12.8. The summed E-state index contributed by atoms with van der Waals surface area (Å²) < 4.78 is 28.6. The Hall–Kier alpha value is -2.55. The number of halogens is 2. The molecule has 1 heterocycles. The Morgan fingerprint density at radius 1 is 1.35 bits per heavy atom. The molecule has 6 nitrogen and oxygen atoms in total. The molecule has 2 aromatic rings. The minimum atomic E-state index is -2.93. The number of ether oxygens (including phenoxy) is 1. The van der Waals surface area contributed by atoms with Crippen molar-refractivity contribution >= 4 is 34.0 Å². The van der Waals surface area contributed by atoms with E-state index in [1.165, 1.54) is 36.5 Å². The molecular formula is C14H13F2N3O3S. The summed E-state index contributed by atoms with van der Waals surface area (Å²) in [6.07, 6.45) is -0.00395. The van der Waals surface area contributed by atoms with Crippen molar-refractivity contribution in [3.05, 3.63) is 35.3 Å². The lowest BCUT2D eigenvalue weighted by molar-refractivity contribution is -0.116. The number of anilines is 2. The smallest absolute Gasteiger partial charge is 0.387 e. The van der Waals surface area contributed by atoms with Crippen LogP contribution in [0.25, 0.3) is 0 Å². The van der Waals surface area contributed by atoms with Gasteiger partial charge < -0.3 is 15.4 Å². The second-order valence-electron chi connectivity index (χ2n) is 4.46. The molecule has 0 saturated heterocycles. The van der Waals surface area contributed by atoms with Crippen molar-refractivity contribution in [2.75, 3.05) is 10.6 Å². The third kappa shape index (κ3) is 5.62. The van der Waals surface area contributed by atoms with Gasteiger partial charge in [-0.25, -0.2) is 4.98 Å². The van der Waals surface area contributed by atoms with E-state index in [1.807, 2.05) is 0 Å². The van der Waals surface area contributed by atoms with Crippen LogP contribution in [-0.2, 0) is 16.0 Å². The van der Waals surface area contributed by atoms with Gasteiger partial charge in [0.25, 0.3) is 0 Å². The topological polar surface area (TPSA) is 80.3 Å². The van der Waals surface area contributed by atoms with E-state index in [-0.39, 0.29) is 24.0 Å². The van der Waals surface area contributed by atoms with E-state index in [2.05, 4.69) is 20.4 Å².